The van der Waals surface area contributed by atoms with E-state index in [2.05, 4.69) is 58.5 Å². The molecule has 0 spiro atoms. The third-order valence-electron chi connectivity index (χ3n) is 2.76. The van der Waals surface area contributed by atoms with Gasteiger partial charge in [0, 0.05) is 37.5 Å². The van der Waals surface area contributed by atoms with E-state index >= 15 is 0 Å². The van der Waals surface area contributed by atoms with Gasteiger partial charge < -0.3 is 10.6 Å². The Kier molecular flexibility index (Phi) is 5.92. The van der Waals surface area contributed by atoms with Crippen molar-refractivity contribution in [2.45, 2.75) is 6.42 Å². The molecule has 1 saturated heterocycles. The molecule has 2 N–H and O–H groups in total. The van der Waals surface area contributed by atoms with Gasteiger partial charge in [0.1, 0.15) is 0 Å². The molecule has 0 radical (unpaired) electrons. The Balaban J connectivity index is 0.000000169. The summed E-state index contributed by atoms with van der Waals surface area (Å²) in [6.07, 6.45) is 1.07. The molecule has 1 aliphatic rings. The van der Waals surface area contributed by atoms with Crippen molar-refractivity contribution >= 4 is 11.3 Å². The minimum Gasteiger partial charge on any atom is -0.314 e. The second-order valence-electron chi connectivity index (χ2n) is 4.24. The summed E-state index contributed by atoms with van der Waals surface area (Å²) in [5.41, 5.74) is 1.39. The first-order valence-corrected chi connectivity index (χ1v) is 7.31. The van der Waals surface area contributed by atoms with Gasteiger partial charge in [-0.2, -0.15) is 0 Å². The predicted molar refractivity (Wildman–Crippen MR) is 79.3 cm³/mol. The summed E-state index contributed by atoms with van der Waals surface area (Å²) in [5, 5.41) is 8.57. The summed E-state index contributed by atoms with van der Waals surface area (Å²) < 4.78 is 0. The summed E-state index contributed by atoms with van der Waals surface area (Å²) in [6.45, 7) is 4.56. The van der Waals surface area contributed by atoms with Gasteiger partial charge in [0.15, 0.2) is 0 Å². The van der Waals surface area contributed by atoms with Crippen LogP contribution in [0.15, 0.2) is 47.8 Å². The fourth-order valence-corrected chi connectivity index (χ4v) is 2.55. The van der Waals surface area contributed by atoms with E-state index in [1.807, 2.05) is 11.3 Å². The van der Waals surface area contributed by atoms with Crippen LogP contribution in [0.25, 0.3) is 0 Å². The number of piperazine rings is 1. The number of hydrogen-bond acceptors (Lipinski definition) is 3. The normalized spacial score (nSPS) is 14.7. The minimum absolute atomic E-state index is 1.07. The summed E-state index contributed by atoms with van der Waals surface area (Å²) in [4.78, 5) is 1.43. The lowest BCUT2D eigenvalue weighted by Gasteiger charge is -2.11. The summed E-state index contributed by atoms with van der Waals surface area (Å²) in [7, 11) is 0. The minimum atomic E-state index is 1.07. The smallest absolute Gasteiger partial charge is 0.00890 e. The van der Waals surface area contributed by atoms with Gasteiger partial charge in [-0.3, -0.25) is 0 Å². The summed E-state index contributed by atoms with van der Waals surface area (Å²) in [6, 6.07) is 14.8. The fourth-order valence-electron chi connectivity index (χ4n) is 1.81. The molecule has 1 aromatic heterocycles. The summed E-state index contributed by atoms with van der Waals surface area (Å²) in [5.74, 6) is 0. The molecule has 3 rings (SSSR count). The number of nitrogens with one attached hydrogen (secondary N) is 2. The van der Waals surface area contributed by atoms with Crippen molar-refractivity contribution in [1.29, 1.82) is 0 Å². The lowest BCUT2D eigenvalue weighted by atomic mass is 10.1. The molecule has 18 heavy (non-hydrogen) atoms. The van der Waals surface area contributed by atoms with Crippen molar-refractivity contribution in [1.82, 2.24) is 10.6 Å². The van der Waals surface area contributed by atoms with E-state index in [-0.39, 0.29) is 0 Å². The first kappa shape index (κ1) is 13.3. The lowest BCUT2D eigenvalue weighted by molar-refractivity contribution is 0.534. The Bertz CT molecular complexity index is 396. The van der Waals surface area contributed by atoms with E-state index in [1.165, 1.54) is 10.4 Å². The molecule has 1 aliphatic heterocycles. The topological polar surface area (TPSA) is 24.1 Å². The molecule has 0 bridgehead atoms. The molecule has 96 valence electrons. The highest BCUT2D eigenvalue weighted by molar-refractivity contribution is 7.09. The van der Waals surface area contributed by atoms with Crippen molar-refractivity contribution in [3.63, 3.8) is 0 Å². The van der Waals surface area contributed by atoms with Gasteiger partial charge in [-0.1, -0.05) is 36.4 Å². The van der Waals surface area contributed by atoms with Crippen LogP contribution in [0, 0.1) is 0 Å². The standard InChI is InChI=1S/C11H10S.C4H10N2/c1-2-5-10(6-3-1)9-11-7-4-8-12-11;1-2-6-4-3-5-1/h1-8H,9H2;5-6H,1-4H2. The van der Waals surface area contributed by atoms with E-state index in [0.717, 1.165) is 32.6 Å². The monoisotopic (exact) mass is 260 g/mol. The Morgan fingerprint density at radius 2 is 1.50 bits per heavy atom. The van der Waals surface area contributed by atoms with Gasteiger partial charge in [0.25, 0.3) is 0 Å². The second-order valence-corrected chi connectivity index (χ2v) is 5.27. The third kappa shape index (κ3) is 5.00. The molecule has 0 unspecified atom stereocenters. The molecule has 1 aromatic carbocycles. The van der Waals surface area contributed by atoms with Crippen LogP contribution in [0.4, 0.5) is 0 Å². The maximum Gasteiger partial charge on any atom is 0.00890 e. The summed E-state index contributed by atoms with van der Waals surface area (Å²) >= 11 is 1.82. The largest absolute Gasteiger partial charge is 0.314 e. The first-order chi connectivity index (χ1) is 8.95. The maximum atomic E-state index is 3.22. The average molecular weight is 260 g/mol. The fraction of sp³-hybridized carbons (Fsp3) is 0.333. The SMILES string of the molecule is C1CNCCN1.c1ccc(Cc2cccs2)cc1. The molecule has 1 fully saturated rings. The lowest BCUT2D eigenvalue weighted by Crippen LogP contribution is -2.39. The molecule has 0 saturated carbocycles. The Morgan fingerprint density at radius 3 is 2.00 bits per heavy atom. The first-order valence-electron chi connectivity index (χ1n) is 6.43. The van der Waals surface area contributed by atoms with Crippen LogP contribution in [-0.2, 0) is 6.42 Å². The third-order valence-corrected chi connectivity index (χ3v) is 3.63. The van der Waals surface area contributed by atoms with E-state index in [0.29, 0.717) is 0 Å². The second kappa shape index (κ2) is 8.03. The van der Waals surface area contributed by atoms with Gasteiger partial charge in [-0.15, -0.1) is 11.3 Å². The molecule has 2 nitrogen and oxygen atoms in total. The molecule has 0 amide bonds. The Morgan fingerprint density at radius 1 is 0.833 bits per heavy atom. The van der Waals surface area contributed by atoms with E-state index in [4.69, 9.17) is 0 Å². The number of hydrogen-bond donors (Lipinski definition) is 2. The van der Waals surface area contributed by atoms with Gasteiger partial charge in [-0.25, -0.2) is 0 Å². The van der Waals surface area contributed by atoms with Crippen molar-refractivity contribution in [3.8, 4) is 0 Å². The predicted octanol–water partition coefficient (Wildman–Crippen LogP) is 2.52. The number of rotatable bonds is 2. The van der Waals surface area contributed by atoms with Gasteiger partial charge >= 0.3 is 0 Å². The van der Waals surface area contributed by atoms with E-state index in [9.17, 15) is 0 Å². The zero-order chi connectivity index (χ0) is 12.5. The van der Waals surface area contributed by atoms with Crippen LogP contribution < -0.4 is 10.6 Å². The molecule has 2 aromatic rings. The Hall–Kier alpha value is -1.16. The molecule has 0 atom stereocenters. The zero-order valence-electron chi connectivity index (χ0n) is 10.6. The van der Waals surface area contributed by atoms with Crippen molar-refractivity contribution in [2.75, 3.05) is 26.2 Å². The van der Waals surface area contributed by atoms with Crippen LogP contribution in [0.2, 0.25) is 0 Å². The van der Waals surface area contributed by atoms with E-state index in [1.54, 1.807) is 0 Å². The Labute approximate surface area is 113 Å². The average Bonchev–Trinajstić information content (AvgIpc) is 2.96. The highest BCUT2D eigenvalue weighted by atomic mass is 32.1. The van der Waals surface area contributed by atoms with Crippen molar-refractivity contribution < 1.29 is 0 Å². The van der Waals surface area contributed by atoms with Gasteiger partial charge in [0.2, 0.25) is 0 Å². The van der Waals surface area contributed by atoms with Crippen LogP contribution in [-0.4, -0.2) is 26.2 Å². The van der Waals surface area contributed by atoms with Crippen LogP contribution >= 0.6 is 11.3 Å². The van der Waals surface area contributed by atoms with Crippen LogP contribution in [0.3, 0.4) is 0 Å². The van der Waals surface area contributed by atoms with Crippen molar-refractivity contribution in [3.05, 3.63) is 58.3 Å². The molecule has 0 aliphatic carbocycles. The van der Waals surface area contributed by atoms with Crippen molar-refractivity contribution in [2.24, 2.45) is 0 Å². The number of thiophene rings is 1. The highest BCUT2D eigenvalue weighted by Gasteiger charge is 1.94. The molecule has 2 heterocycles. The maximum absolute atomic E-state index is 3.22. The van der Waals surface area contributed by atoms with E-state index < -0.39 is 0 Å². The number of benzene rings is 1. The molecular formula is C15H20N2S. The van der Waals surface area contributed by atoms with Gasteiger partial charge in [0.05, 0.1) is 0 Å². The quantitative estimate of drug-likeness (QED) is 0.867. The highest BCUT2D eigenvalue weighted by Crippen LogP contribution is 2.13. The van der Waals surface area contributed by atoms with Crippen LogP contribution in [0.5, 0.6) is 0 Å². The van der Waals surface area contributed by atoms with Gasteiger partial charge in [-0.05, 0) is 17.0 Å². The zero-order valence-corrected chi connectivity index (χ0v) is 11.4. The molecular weight excluding hydrogens is 240 g/mol. The molecule has 3 heteroatoms. The van der Waals surface area contributed by atoms with Crippen LogP contribution in [0.1, 0.15) is 10.4 Å².